The molecule has 0 unspecified atom stereocenters. The van der Waals surface area contributed by atoms with Crippen molar-refractivity contribution in [2.75, 3.05) is 11.1 Å². The number of benzene rings is 1. The highest BCUT2D eigenvalue weighted by atomic mass is 127. The van der Waals surface area contributed by atoms with Crippen molar-refractivity contribution in [2.24, 2.45) is 7.05 Å². The fraction of sp³-hybridized carbons (Fsp3) is 0.250. The smallest absolute Gasteiger partial charge is 0.152 e. The van der Waals surface area contributed by atoms with Gasteiger partial charge < -0.3 is 11.1 Å². The van der Waals surface area contributed by atoms with Gasteiger partial charge in [0.25, 0.3) is 0 Å². The predicted molar refractivity (Wildman–Crippen MR) is 84.5 cm³/mol. The maximum atomic E-state index is 6.19. The van der Waals surface area contributed by atoms with Crippen LogP contribution < -0.4 is 11.1 Å². The maximum Gasteiger partial charge on any atom is 0.152 e. The van der Waals surface area contributed by atoms with Crippen LogP contribution in [0.3, 0.4) is 0 Å². The van der Waals surface area contributed by atoms with Gasteiger partial charge in [-0.15, -0.1) is 0 Å². The molecule has 0 aliphatic rings. The van der Waals surface area contributed by atoms with Gasteiger partial charge in [0.15, 0.2) is 5.82 Å². The Balaban J connectivity index is 2.37. The zero-order chi connectivity index (χ0) is 13.3. The van der Waals surface area contributed by atoms with Gasteiger partial charge in [0, 0.05) is 10.6 Å². The second-order valence-corrected chi connectivity index (χ2v) is 5.59. The topological polar surface area (TPSA) is 55.9 Å². The minimum Gasteiger partial charge on any atom is -0.394 e. The molecule has 0 fully saturated rings. The van der Waals surface area contributed by atoms with Crippen molar-refractivity contribution in [1.29, 1.82) is 0 Å². The lowest BCUT2D eigenvalue weighted by Crippen LogP contribution is -2.01. The summed E-state index contributed by atoms with van der Waals surface area (Å²) in [5, 5.41) is 8.25. The summed E-state index contributed by atoms with van der Waals surface area (Å²) in [6, 6.07) is 5.82. The third kappa shape index (κ3) is 2.56. The minimum atomic E-state index is 0.667. The number of halogens is 2. The Hall–Kier alpha value is -0.950. The van der Waals surface area contributed by atoms with Crippen molar-refractivity contribution in [1.82, 2.24) is 9.78 Å². The highest BCUT2D eigenvalue weighted by Gasteiger charge is 2.13. The van der Waals surface area contributed by atoms with Crippen molar-refractivity contribution in [2.45, 2.75) is 13.3 Å². The number of nitrogens with one attached hydrogen (secondary N) is 1. The van der Waals surface area contributed by atoms with Crippen molar-refractivity contribution < 1.29 is 0 Å². The Morgan fingerprint density at radius 2 is 2.22 bits per heavy atom. The van der Waals surface area contributed by atoms with E-state index in [1.54, 1.807) is 4.68 Å². The van der Waals surface area contributed by atoms with Gasteiger partial charge >= 0.3 is 0 Å². The number of anilines is 3. The lowest BCUT2D eigenvalue weighted by Gasteiger charge is -2.09. The molecule has 2 rings (SSSR count). The third-order valence-corrected chi connectivity index (χ3v) is 3.66. The largest absolute Gasteiger partial charge is 0.394 e. The summed E-state index contributed by atoms with van der Waals surface area (Å²) < 4.78 is 2.83. The number of nitrogens with zero attached hydrogens (tertiary/aromatic N) is 2. The van der Waals surface area contributed by atoms with Gasteiger partial charge in [-0.05, 0) is 47.2 Å². The van der Waals surface area contributed by atoms with Crippen molar-refractivity contribution in [3.8, 4) is 0 Å². The highest BCUT2D eigenvalue weighted by molar-refractivity contribution is 14.1. The van der Waals surface area contributed by atoms with Crippen LogP contribution in [0.25, 0.3) is 0 Å². The fourth-order valence-electron chi connectivity index (χ4n) is 1.72. The summed E-state index contributed by atoms with van der Waals surface area (Å²) in [7, 11) is 1.86. The number of nitrogen functional groups attached to an aromatic ring is 1. The molecular formula is C12H14ClIN4. The van der Waals surface area contributed by atoms with Crippen molar-refractivity contribution in [3.63, 3.8) is 0 Å². The van der Waals surface area contributed by atoms with E-state index in [0.29, 0.717) is 10.7 Å². The van der Waals surface area contributed by atoms with E-state index >= 15 is 0 Å². The minimum absolute atomic E-state index is 0.667. The quantitative estimate of drug-likeness (QED) is 0.805. The Bertz CT molecular complexity index is 580. The lowest BCUT2D eigenvalue weighted by atomic mass is 10.3. The zero-order valence-electron chi connectivity index (χ0n) is 10.2. The van der Waals surface area contributed by atoms with Crippen LogP contribution in [-0.4, -0.2) is 9.78 Å². The molecule has 0 saturated heterocycles. The van der Waals surface area contributed by atoms with Gasteiger partial charge in [-0.3, -0.25) is 4.68 Å². The molecule has 3 N–H and O–H groups in total. The molecule has 6 heteroatoms. The van der Waals surface area contributed by atoms with Gasteiger partial charge in [0.05, 0.1) is 22.1 Å². The summed E-state index contributed by atoms with van der Waals surface area (Å²) in [6.45, 7) is 2.03. The summed E-state index contributed by atoms with van der Waals surface area (Å²) in [5.74, 6) is 0.773. The number of aryl methyl sites for hydroxylation is 2. The molecule has 18 heavy (non-hydrogen) atoms. The highest BCUT2D eigenvalue weighted by Crippen LogP contribution is 2.30. The van der Waals surface area contributed by atoms with Crippen LogP contribution in [0.2, 0.25) is 5.02 Å². The van der Waals surface area contributed by atoms with Crippen LogP contribution in [0.4, 0.5) is 17.2 Å². The molecule has 1 aromatic heterocycles. The van der Waals surface area contributed by atoms with Gasteiger partial charge in [0.2, 0.25) is 0 Å². The molecule has 0 aliphatic heterocycles. The summed E-state index contributed by atoms with van der Waals surface area (Å²) in [5.41, 5.74) is 8.45. The monoisotopic (exact) mass is 376 g/mol. The Morgan fingerprint density at radius 1 is 1.50 bits per heavy atom. The molecule has 0 aliphatic carbocycles. The Labute approximate surface area is 125 Å². The number of nitrogens with two attached hydrogens (primary N) is 1. The summed E-state index contributed by atoms with van der Waals surface area (Å²) >= 11 is 8.41. The van der Waals surface area contributed by atoms with Crippen LogP contribution in [0.15, 0.2) is 18.2 Å². The molecule has 1 heterocycles. The van der Waals surface area contributed by atoms with E-state index in [9.17, 15) is 0 Å². The maximum absolute atomic E-state index is 6.19. The van der Waals surface area contributed by atoms with Gasteiger partial charge in [0.1, 0.15) is 0 Å². The van der Waals surface area contributed by atoms with Crippen LogP contribution in [0.1, 0.15) is 12.6 Å². The SMILES string of the molecule is CCc1nn(C)c(Nc2ccc(I)cc2Cl)c1N. The Kier molecular flexibility index (Phi) is 4.01. The second kappa shape index (κ2) is 5.36. The molecule has 96 valence electrons. The van der Waals surface area contributed by atoms with E-state index in [1.165, 1.54) is 0 Å². The molecule has 0 radical (unpaired) electrons. The fourth-order valence-corrected chi connectivity index (χ4v) is 2.63. The second-order valence-electron chi connectivity index (χ2n) is 3.94. The standard InChI is InChI=1S/C12H14ClIN4/c1-3-9-11(15)12(18(2)17-9)16-10-5-4-7(14)6-8(10)13/h4-6,16H,3,15H2,1-2H3. The number of rotatable bonds is 3. The van der Waals surface area contributed by atoms with E-state index < -0.39 is 0 Å². The van der Waals surface area contributed by atoms with Crippen LogP contribution in [0.5, 0.6) is 0 Å². The van der Waals surface area contributed by atoms with Crippen LogP contribution in [0, 0.1) is 3.57 Å². The summed E-state index contributed by atoms with van der Waals surface area (Å²) in [6.07, 6.45) is 0.807. The van der Waals surface area contributed by atoms with Gasteiger partial charge in [-0.1, -0.05) is 18.5 Å². The first-order valence-electron chi connectivity index (χ1n) is 5.56. The summed E-state index contributed by atoms with van der Waals surface area (Å²) in [4.78, 5) is 0. The first kappa shape index (κ1) is 13.5. The molecule has 0 spiro atoms. The average Bonchev–Trinajstić information content (AvgIpc) is 2.59. The van der Waals surface area contributed by atoms with Crippen LogP contribution in [-0.2, 0) is 13.5 Å². The molecule has 1 aromatic carbocycles. The predicted octanol–water partition coefficient (Wildman–Crippen LogP) is 3.57. The van der Waals surface area contributed by atoms with E-state index in [0.717, 1.165) is 27.2 Å². The van der Waals surface area contributed by atoms with Gasteiger partial charge in [-0.25, -0.2) is 0 Å². The van der Waals surface area contributed by atoms with E-state index in [-0.39, 0.29) is 0 Å². The van der Waals surface area contributed by atoms with Crippen molar-refractivity contribution in [3.05, 3.63) is 32.5 Å². The molecule has 0 bridgehead atoms. The Morgan fingerprint density at radius 3 is 2.78 bits per heavy atom. The normalized spacial score (nSPS) is 10.7. The van der Waals surface area contributed by atoms with Crippen LogP contribution >= 0.6 is 34.2 Å². The van der Waals surface area contributed by atoms with E-state index in [2.05, 4.69) is 33.0 Å². The van der Waals surface area contributed by atoms with E-state index in [4.69, 9.17) is 17.3 Å². The lowest BCUT2D eigenvalue weighted by molar-refractivity contribution is 0.753. The first-order valence-corrected chi connectivity index (χ1v) is 7.02. The molecule has 2 aromatic rings. The van der Waals surface area contributed by atoms with E-state index in [1.807, 2.05) is 32.2 Å². The van der Waals surface area contributed by atoms with Crippen molar-refractivity contribution >= 4 is 51.4 Å². The number of hydrogen-bond donors (Lipinski definition) is 2. The third-order valence-electron chi connectivity index (χ3n) is 2.68. The average molecular weight is 377 g/mol. The first-order chi connectivity index (χ1) is 8.52. The molecule has 0 atom stereocenters. The molecular weight excluding hydrogens is 363 g/mol. The number of hydrogen-bond acceptors (Lipinski definition) is 3. The molecule has 0 amide bonds. The van der Waals surface area contributed by atoms with Gasteiger partial charge in [-0.2, -0.15) is 5.10 Å². The molecule has 0 saturated carbocycles. The molecule has 4 nitrogen and oxygen atoms in total. The zero-order valence-corrected chi connectivity index (χ0v) is 13.1. The number of aromatic nitrogens is 2.